The van der Waals surface area contributed by atoms with Crippen LogP contribution in [-0.2, 0) is 12.8 Å². The van der Waals surface area contributed by atoms with Gasteiger partial charge in [0.15, 0.2) is 0 Å². The molecule has 0 aromatic heterocycles. The molecule has 0 aliphatic carbocycles. The second-order valence-electron chi connectivity index (χ2n) is 7.67. The van der Waals surface area contributed by atoms with E-state index in [1.54, 1.807) is 0 Å². The van der Waals surface area contributed by atoms with Gasteiger partial charge in [-0.3, -0.25) is 0 Å². The van der Waals surface area contributed by atoms with Gasteiger partial charge in [0.25, 0.3) is 0 Å². The van der Waals surface area contributed by atoms with Crippen molar-refractivity contribution >= 4 is 12.4 Å². The number of piperidine rings is 3. The highest BCUT2D eigenvalue weighted by Gasteiger charge is 2.46. The Kier molecular flexibility index (Phi) is 5.83. The van der Waals surface area contributed by atoms with Crippen LogP contribution in [0, 0.1) is 11.8 Å². The molecule has 5 rings (SSSR count). The third-order valence-corrected chi connectivity index (χ3v) is 6.05. The number of rotatable bonds is 5. The number of nitrogens with zero attached hydrogens (tertiary/aromatic N) is 1. The average molecular weight is 358 g/mol. The fourth-order valence-electron chi connectivity index (χ4n) is 4.80. The summed E-state index contributed by atoms with van der Waals surface area (Å²) in [6.07, 6.45) is 3.99. The molecule has 0 radical (unpaired) electrons. The first-order chi connectivity index (χ1) is 11.7. The average Bonchev–Trinajstić information content (AvgIpc) is 2.64. The molecular weight excluding hydrogens is 330 g/mol. The van der Waals surface area contributed by atoms with Crippen LogP contribution < -0.4 is 0 Å². The third kappa shape index (κ3) is 4.08. The van der Waals surface area contributed by atoms with Gasteiger partial charge in [0.1, 0.15) is 0 Å². The normalized spacial score (nSPS) is 25.4. The molecule has 2 bridgehead atoms. The molecule has 1 N–H and O–H groups in total. The summed E-state index contributed by atoms with van der Waals surface area (Å²) in [5.74, 6) is 1.05. The molecule has 3 saturated heterocycles. The van der Waals surface area contributed by atoms with Crippen molar-refractivity contribution in [1.82, 2.24) is 4.90 Å². The molecule has 3 heteroatoms. The van der Waals surface area contributed by atoms with E-state index >= 15 is 0 Å². The fraction of sp³-hybridized carbons (Fsp3) is 0.455. The van der Waals surface area contributed by atoms with Crippen LogP contribution >= 0.6 is 12.4 Å². The Morgan fingerprint density at radius 1 is 0.840 bits per heavy atom. The zero-order chi connectivity index (χ0) is 16.4. The molecule has 2 aromatic rings. The predicted molar refractivity (Wildman–Crippen MR) is 105 cm³/mol. The van der Waals surface area contributed by atoms with E-state index in [-0.39, 0.29) is 12.4 Å². The lowest BCUT2D eigenvalue weighted by atomic mass is 9.66. The maximum Gasteiger partial charge on any atom is 0.0770 e. The highest BCUT2D eigenvalue weighted by molar-refractivity contribution is 5.85. The van der Waals surface area contributed by atoms with Crippen LogP contribution in [0.4, 0.5) is 0 Å². The Morgan fingerprint density at radius 3 is 1.72 bits per heavy atom. The maximum atomic E-state index is 11.8. The lowest BCUT2D eigenvalue weighted by Gasteiger charge is -2.51. The topological polar surface area (TPSA) is 23.5 Å². The summed E-state index contributed by atoms with van der Waals surface area (Å²) in [5, 5.41) is 11.8. The molecule has 25 heavy (non-hydrogen) atoms. The first-order valence-corrected chi connectivity index (χ1v) is 9.25. The van der Waals surface area contributed by atoms with Crippen molar-refractivity contribution in [3.63, 3.8) is 0 Å². The molecule has 3 aliphatic rings. The van der Waals surface area contributed by atoms with Crippen LogP contribution in [0.3, 0.4) is 0 Å². The quantitative estimate of drug-likeness (QED) is 0.875. The lowest BCUT2D eigenvalue weighted by Crippen LogP contribution is -2.57. The van der Waals surface area contributed by atoms with Gasteiger partial charge in [-0.05, 0) is 43.0 Å². The summed E-state index contributed by atoms with van der Waals surface area (Å²) < 4.78 is 0. The van der Waals surface area contributed by atoms with Crippen molar-refractivity contribution in [2.75, 3.05) is 19.6 Å². The van der Waals surface area contributed by atoms with Crippen LogP contribution in [0.25, 0.3) is 0 Å². The molecule has 3 heterocycles. The Labute approximate surface area is 157 Å². The molecule has 3 aliphatic heterocycles. The summed E-state index contributed by atoms with van der Waals surface area (Å²) in [5.41, 5.74) is 1.83. The van der Waals surface area contributed by atoms with Crippen LogP contribution in [0.2, 0.25) is 0 Å². The van der Waals surface area contributed by atoms with Gasteiger partial charge >= 0.3 is 0 Å². The van der Waals surface area contributed by atoms with E-state index in [1.165, 1.54) is 37.1 Å². The monoisotopic (exact) mass is 357 g/mol. The van der Waals surface area contributed by atoms with E-state index in [0.29, 0.717) is 11.8 Å². The molecule has 134 valence electrons. The number of hydrogen-bond acceptors (Lipinski definition) is 2. The molecule has 1 unspecified atom stereocenters. The molecule has 0 spiro atoms. The summed E-state index contributed by atoms with van der Waals surface area (Å²) in [7, 11) is 0. The number of halogens is 1. The first kappa shape index (κ1) is 18.4. The predicted octanol–water partition coefficient (Wildman–Crippen LogP) is 3.97. The number of fused-ring (bicyclic) bond motifs is 3. The van der Waals surface area contributed by atoms with Crippen molar-refractivity contribution in [3.8, 4) is 0 Å². The van der Waals surface area contributed by atoms with E-state index in [1.807, 2.05) is 12.1 Å². The van der Waals surface area contributed by atoms with E-state index in [2.05, 4.69) is 53.4 Å². The molecule has 3 fully saturated rings. The van der Waals surface area contributed by atoms with Crippen molar-refractivity contribution in [2.45, 2.75) is 31.3 Å². The van der Waals surface area contributed by atoms with Gasteiger partial charge in [0.2, 0.25) is 0 Å². The van der Waals surface area contributed by atoms with Crippen molar-refractivity contribution < 1.29 is 5.11 Å². The highest BCUT2D eigenvalue weighted by Crippen LogP contribution is 2.41. The smallest absolute Gasteiger partial charge is 0.0770 e. The van der Waals surface area contributed by atoms with E-state index in [4.69, 9.17) is 0 Å². The second-order valence-corrected chi connectivity index (χ2v) is 7.67. The molecule has 2 aromatic carbocycles. The minimum absolute atomic E-state index is 0. The summed E-state index contributed by atoms with van der Waals surface area (Å²) in [4.78, 5) is 2.55. The minimum atomic E-state index is -0.660. The minimum Gasteiger partial charge on any atom is -0.389 e. The van der Waals surface area contributed by atoms with Gasteiger partial charge in [-0.15, -0.1) is 12.4 Å². The standard InChI is InChI=1S/C22H27NO.ClH/c24-22(15-18-7-3-1-4-8-18,16-19-9-5-2-6-10-19)21-17-23-13-11-20(21)12-14-23;/h1-10,20-21,24H,11-17H2;1H. The summed E-state index contributed by atoms with van der Waals surface area (Å²) in [6.45, 7) is 3.49. The molecule has 0 saturated carbocycles. The summed E-state index contributed by atoms with van der Waals surface area (Å²) >= 11 is 0. The van der Waals surface area contributed by atoms with Gasteiger partial charge < -0.3 is 10.0 Å². The van der Waals surface area contributed by atoms with E-state index in [0.717, 1.165) is 19.4 Å². The largest absolute Gasteiger partial charge is 0.389 e. The number of aliphatic hydroxyl groups is 1. The van der Waals surface area contributed by atoms with Gasteiger partial charge in [0.05, 0.1) is 5.60 Å². The number of hydrogen-bond donors (Lipinski definition) is 1. The number of benzene rings is 2. The Bertz CT molecular complexity index is 611. The van der Waals surface area contributed by atoms with E-state index in [9.17, 15) is 5.11 Å². The highest BCUT2D eigenvalue weighted by atomic mass is 35.5. The Balaban J connectivity index is 0.00000182. The first-order valence-electron chi connectivity index (χ1n) is 9.25. The SMILES string of the molecule is Cl.OC(Cc1ccccc1)(Cc1ccccc1)C1CN2CCC1CC2. The van der Waals surface area contributed by atoms with Crippen LogP contribution in [0.1, 0.15) is 24.0 Å². The molecular formula is C22H28ClNO. The maximum absolute atomic E-state index is 11.8. The molecule has 0 amide bonds. The fourth-order valence-corrected chi connectivity index (χ4v) is 4.80. The van der Waals surface area contributed by atoms with E-state index < -0.39 is 5.60 Å². The van der Waals surface area contributed by atoms with Gasteiger partial charge in [-0.2, -0.15) is 0 Å². The van der Waals surface area contributed by atoms with Crippen molar-refractivity contribution in [3.05, 3.63) is 71.8 Å². The van der Waals surface area contributed by atoms with Crippen LogP contribution in [-0.4, -0.2) is 35.2 Å². The second kappa shape index (κ2) is 7.90. The van der Waals surface area contributed by atoms with Crippen molar-refractivity contribution in [1.29, 1.82) is 0 Å². The molecule has 2 nitrogen and oxygen atoms in total. The van der Waals surface area contributed by atoms with Crippen LogP contribution in [0.5, 0.6) is 0 Å². The zero-order valence-corrected chi connectivity index (χ0v) is 15.5. The van der Waals surface area contributed by atoms with Crippen molar-refractivity contribution in [2.24, 2.45) is 11.8 Å². The third-order valence-electron chi connectivity index (χ3n) is 6.05. The Morgan fingerprint density at radius 2 is 1.32 bits per heavy atom. The molecule has 1 atom stereocenters. The Hall–Kier alpha value is -1.35. The van der Waals surface area contributed by atoms with Gasteiger partial charge in [0, 0.05) is 25.3 Å². The summed E-state index contributed by atoms with van der Waals surface area (Å²) in [6, 6.07) is 21.0. The van der Waals surface area contributed by atoms with Crippen LogP contribution in [0.15, 0.2) is 60.7 Å². The lowest BCUT2D eigenvalue weighted by molar-refractivity contribution is -0.0956. The van der Waals surface area contributed by atoms with Gasteiger partial charge in [-0.1, -0.05) is 60.7 Å². The van der Waals surface area contributed by atoms with Gasteiger partial charge in [-0.25, -0.2) is 0 Å². The zero-order valence-electron chi connectivity index (χ0n) is 14.7.